The number of hydrogen-bond acceptors (Lipinski definition) is 4. The minimum absolute atomic E-state index is 0.211. The Balaban J connectivity index is 2.27. The van der Waals surface area contributed by atoms with Crippen LogP contribution in [-0.2, 0) is 9.84 Å². The quantitative estimate of drug-likeness (QED) is 0.665. The highest BCUT2D eigenvalue weighted by Gasteiger charge is 2.37. The summed E-state index contributed by atoms with van der Waals surface area (Å²) in [5, 5.41) is 6.62. The van der Waals surface area contributed by atoms with Gasteiger partial charge < -0.3 is 10.6 Å². The second kappa shape index (κ2) is 4.80. The second-order valence-electron chi connectivity index (χ2n) is 4.94. The van der Waals surface area contributed by atoms with Gasteiger partial charge in [0.05, 0.1) is 11.5 Å². The Kier molecular flexibility index (Phi) is 4.14. The van der Waals surface area contributed by atoms with Gasteiger partial charge in [-0.3, -0.25) is 0 Å². The molecular formula is C10H22N2O2S. The van der Waals surface area contributed by atoms with Gasteiger partial charge in [-0.15, -0.1) is 0 Å². The van der Waals surface area contributed by atoms with Gasteiger partial charge in [-0.25, -0.2) is 8.42 Å². The van der Waals surface area contributed by atoms with E-state index in [0.717, 1.165) is 19.5 Å². The minimum atomic E-state index is -2.79. The zero-order valence-electron chi connectivity index (χ0n) is 9.84. The van der Waals surface area contributed by atoms with Crippen molar-refractivity contribution < 1.29 is 8.42 Å². The molecule has 0 spiro atoms. The highest BCUT2D eigenvalue weighted by Crippen LogP contribution is 2.22. The van der Waals surface area contributed by atoms with Gasteiger partial charge in [0.2, 0.25) is 0 Å². The molecule has 0 saturated carbocycles. The summed E-state index contributed by atoms with van der Waals surface area (Å²) in [6, 6.07) is 0.479. The molecule has 0 aromatic carbocycles. The lowest BCUT2D eigenvalue weighted by molar-refractivity contribution is 0.390. The molecule has 1 saturated heterocycles. The van der Waals surface area contributed by atoms with Crippen molar-refractivity contribution in [1.82, 2.24) is 10.6 Å². The van der Waals surface area contributed by atoms with Crippen LogP contribution in [0.1, 0.15) is 27.2 Å². The van der Waals surface area contributed by atoms with Crippen LogP contribution >= 0.6 is 0 Å². The third-order valence-electron chi connectivity index (χ3n) is 2.73. The molecule has 4 nitrogen and oxygen atoms in total. The Morgan fingerprint density at radius 3 is 2.47 bits per heavy atom. The lowest BCUT2D eigenvalue weighted by Crippen LogP contribution is -2.46. The van der Waals surface area contributed by atoms with Crippen LogP contribution in [0.3, 0.4) is 0 Å². The maximum Gasteiger partial charge on any atom is 0.152 e. The van der Waals surface area contributed by atoms with E-state index >= 15 is 0 Å². The molecule has 1 atom stereocenters. The number of nitrogens with one attached hydrogen (secondary N) is 2. The largest absolute Gasteiger partial charge is 0.313 e. The van der Waals surface area contributed by atoms with Crippen molar-refractivity contribution in [3.8, 4) is 0 Å². The fourth-order valence-corrected chi connectivity index (χ4v) is 4.00. The van der Waals surface area contributed by atoms with Gasteiger partial charge in [-0.1, -0.05) is 13.8 Å². The summed E-state index contributed by atoms with van der Waals surface area (Å²) in [6.07, 6.45) is 0.733. The highest BCUT2D eigenvalue weighted by molar-refractivity contribution is 7.91. The molecule has 0 bridgehead atoms. The summed E-state index contributed by atoms with van der Waals surface area (Å²) in [5.41, 5.74) is -0.211. The molecule has 0 amide bonds. The van der Waals surface area contributed by atoms with E-state index in [1.54, 1.807) is 0 Å². The van der Waals surface area contributed by atoms with E-state index in [1.165, 1.54) is 0 Å². The Hall–Kier alpha value is -0.130. The van der Waals surface area contributed by atoms with Crippen LogP contribution in [0.5, 0.6) is 0 Å². The Morgan fingerprint density at radius 2 is 2.00 bits per heavy atom. The van der Waals surface area contributed by atoms with Crippen molar-refractivity contribution in [3.63, 3.8) is 0 Å². The van der Waals surface area contributed by atoms with Crippen LogP contribution < -0.4 is 10.6 Å². The van der Waals surface area contributed by atoms with Gasteiger partial charge in [0.25, 0.3) is 0 Å². The van der Waals surface area contributed by atoms with E-state index < -0.39 is 9.84 Å². The van der Waals surface area contributed by atoms with Crippen LogP contribution in [0.15, 0.2) is 0 Å². The molecule has 90 valence electrons. The predicted molar refractivity (Wildman–Crippen MR) is 62.8 cm³/mol. The standard InChI is InChI=1S/C10H22N2O2S/c1-9(2)11-5-6-12-10(3)4-7-15(13,14)8-10/h9,11-12H,4-8H2,1-3H3. The molecule has 1 unspecified atom stereocenters. The normalized spacial score (nSPS) is 29.9. The molecule has 0 aromatic rings. The van der Waals surface area contributed by atoms with E-state index in [4.69, 9.17) is 0 Å². The topological polar surface area (TPSA) is 58.2 Å². The molecule has 1 fully saturated rings. The molecule has 15 heavy (non-hydrogen) atoms. The van der Waals surface area contributed by atoms with Crippen molar-refractivity contribution in [1.29, 1.82) is 0 Å². The van der Waals surface area contributed by atoms with Gasteiger partial charge in [0, 0.05) is 24.7 Å². The van der Waals surface area contributed by atoms with Crippen LogP contribution in [0, 0.1) is 0 Å². The zero-order chi connectivity index (χ0) is 11.5. The van der Waals surface area contributed by atoms with E-state index in [1.807, 2.05) is 6.92 Å². The first-order chi connectivity index (χ1) is 6.83. The first kappa shape index (κ1) is 12.9. The maximum absolute atomic E-state index is 11.3. The molecule has 1 heterocycles. The molecule has 0 aliphatic carbocycles. The fraction of sp³-hybridized carbons (Fsp3) is 1.00. The second-order valence-corrected chi connectivity index (χ2v) is 7.12. The Bertz CT molecular complexity index is 301. The summed E-state index contributed by atoms with van der Waals surface area (Å²) in [6.45, 7) is 7.90. The maximum atomic E-state index is 11.3. The van der Waals surface area contributed by atoms with Crippen LogP contribution in [0.4, 0.5) is 0 Å². The van der Waals surface area contributed by atoms with Crippen LogP contribution in [0.2, 0.25) is 0 Å². The molecule has 1 aliphatic rings. The van der Waals surface area contributed by atoms with Crippen molar-refractivity contribution in [2.45, 2.75) is 38.8 Å². The van der Waals surface area contributed by atoms with Crippen molar-refractivity contribution >= 4 is 9.84 Å². The first-order valence-electron chi connectivity index (χ1n) is 5.52. The zero-order valence-corrected chi connectivity index (χ0v) is 10.7. The number of hydrogen-bond donors (Lipinski definition) is 2. The van der Waals surface area contributed by atoms with E-state index in [0.29, 0.717) is 11.8 Å². The third kappa shape index (κ3) is 4.49. The molecule has 1 aliphatic heterocycles. The molecular weight excluding hydrogens is 212 g/mol. The van der Waals surface area contributed by atoms with Crippen molar-refractivity contribution in [2.24, 2.45) is 0 Å². The highest BCUT2D eigenvalue weighted by atomic mass is 32.2. The minimum Gasteiger partial charge on any atom is -0.313 e. The summed E-state index contributed by atoms with van der Waals surface area (Å²) < 4.78 is 22.7. The van der Waals surface area contributed by atoms with E-state index in [-0.39, 0.29) is 11.3 Å². The summed E-state index contributed by atoms with van der Waals surface area (Å²) in [7, 11) is -2.79. The smallest absolute Gasteiger partial charge is 0.152 e. The Labute approximate surface area is 92.7 Å². The predicted octanol–water partition coefficient (Wildman–Crippen LogP) is 0.151. The monoisotopic (exact) mass is 234 g/mol. The summed E-state index contributed by atoms with van der Waals surface area (Å²) in [4.78, 5) is 0. The third-order valence-corrected chi connectivity index (χ3v) is 4.64. The SMILES string of the molecule is CC(C)NCCNC1(C)CCS(=O)(=O)C1. The summed E-state index contributed by atoms with van der Waals surface area (Å²) >= 11 is 0. The van der Waals surface area contributed by atoms with Crippen molar-refractivity contribution in [3.05, 3.63) is 0 Å². The average molecular weight is 234 g/mol. The molecule has 0 radical (unpaired) electrons. The van der Waals surface area contributed by atoms with Gasteiger partial charge in [0.15, 0.2) is 9.84 Å². The first-order valence-corrected chi connectivity index (χ1v) is 7.34. The van der Waals surface area contributed by atoms with Gasteiger partial charge in [0.1, 0.15) is 0 Å². The van der Waals surface area contributed by atoms with Crippen molar-refractivity contribution in [2.75, 3.05) is 24.6 Å². The summed E-state index contributed by atoms with van der Waals surface area (Å²) in [5.74, 6) is 0.607. The molecule has 5 heteroatoms. The van der Waals surface area contributed by atoms with Gasteiger partial charge in [-0.05, 0) is 13.3 Å². The van der Waals surface area contributed by atoms with Gasteiger partial charge >= 0.3 is 0 Å². The number of sulfone groups is 1. The van der Waals surface area contributed by atoms with Gasteiger partial charge in [-0.2, -0.15) is 0 Å². The Morgan fingerprint density at radius 1 is 1.33 bits per heavy atom. The van der Waals surface area contributed by atoms with Crippen LogP contribution in [0.25, 0.3) is 0 Å². The fourth-order valence-electron chi connectivity index (χ4n) is 1.88. The van der Waals surface area contributed by atoms with Crippen LogP contribution in [-0.4, -0.2) is 44.6 Å². The molecule has 0 aromatic heterocycles. The van der Waals surface area contributed by atoms with E-state index in [2.05, 4.69) is 24.5 Å². The lowest BCUT2D eigenvalue weighted by Gasteiger charge is -2.24. The lowest BCUT2D eigenvalue weighted by atomic mass is 10.0. The average Bonchev–Trinajstić information content (AvgIpc) is 2.35. The molecule has 2 N–H and O–H groups in total. The molecule has 1 rings (SSSR count). The number of rotatable bonds is 5. The van der Waals surface area contributed by atoms with E-state index in [9.17, 15) is 8.42 Å².